The van der Waals surface area contributed by atoms with Crippen LogP contribution in [-0.2, 0) is 43.8 Å². The smallest absolute Gasteiger partial charge is 0.294 e. The highest BCUT2D eigenvalue weighted by atomic mass is 32.2. The Balaban J connectivity index is 1.22. The summed E-state index contributed by atoms with van der Waals surface area (Å²) in [6.45, 7) is 0.216. The molecule has 1 saturated heterocycles. The van der Waals surface area contributed by atoms with Gasteiger partial charge in [-0.15, -0.1) is 0 Å². The SMILES string of the molecule is O=C1CCC(N2Cc3c(cccc3[S+]([O-])CCCCCCCc3ccc(S(=O)(=O)O)cc3)C2=O)C(=O)N1. The summed E-state index contributed by atoms with van der Waals surface area (Å²) in [7, 11) is -4.17. The van der Waals surface area contributed by atoms with Crippen LogP contribution in [0.25, 0.3) is 0 Å². The molecule has 198 valence electrons. The number of nitrogens with zero attached hydrogens (tertiary/aromatic N) is 1. The Morgan fingerprint density at radius 1 is 1.00 bits per heavy atom. The number of carbonyl (C=O) groups is 3. The van der Waals surface area contributed by atoms with E-state index in [4.69, 9.17) is 4.55 Å². The number of hydrogen-bond donors (Lipinski definition) is 2. The van der Waals surface area contributed by atoms with Crippen LogP contribution >= 0.6 is 0 Å². The van der Waals surface area contributed by atoms with Gasteiger partial charge in [0, 0.05) is 17.5 Å². The highest BCUT2D eigenvalue weighted by molar-refractivity contribution is 7.91. The van der Waals surface area contributed by atoms with Crippen molar-refractivity contribution in [1.82, 2.24) is 10.2 Å². The molecule has 3 amide bonds. The van der Waals surface area contributed by atoms with Gasteiger partial charge in [-0.1, -0.05) is 31.0 Å². The second-order valence-corrected chi connectivity index (χ2v) is 12.3. The molecular formula is C26H30N2O7S2. The molecule has 2 unspecified atom stereocenters. The molecule has 0 spiro atoms. The zero-order valence-electron chi connectivity index (χ0n) is 20.4. The maximum absolute atomic E-state index is 13.1. The highest BCUT2D eigenvalue weighted by Crippen LogP contribution is 2.32. The summed E-state index contributed by atoms with van der Waals surface area (Å²) in [5.41, 5.74) is 2.18. The molecule has 2 aromatic carbocycles. The van der Waals surface area contributed by atoms with Gasteiger partial charge in [0.2, 0.25) is 11.8 Å². The van der Waals surface area contributed by atoms with Crippen molar-refractivity contribution in [1.29, 1.82) is 0 Å². The van der Waals surface area contributed by atoms with Gasteiger partial charge in [-0.05, 0) is 73.1 Å². The van der Waals surface area contributed by atoms with E-state index in [1.54, 1.807) is 30.3 Å². The molecule has 2 aliphatic heterocycles. The molecule has 2 N–H and O–H groups in total. The quantitative estimate of drug-likeness (QED) is 0.191. The fraction of sp³-hybridized carbons (Fsp3) is 0.423. The van der Waals surface area contributed by atoms with Crippen LogP contribution in [0, 0.1) is 0 Å². The lowest BCUT2D eigenvalue weighted by Gasteiger charge is -2.29. The lowest BCUT2D eigenvalue weighted by molar-refractivity contribution is -0.136. The van der Waals surface area contributed by atoms with Crippen LogP contribution in [0.5, 0.6) is 0 Å². The normalized spacial score (nSPS) is 18.6. The van der Waals surface area contributed by atoms with Gasteiger partial charge in [0.25, 0.3) is 16.0 Å². The van der Waals surface area contributed by atoms with Crippen molar-refractivity contribution in [2.45, 2.75) is 73.7 Å². The number of rotatable bonds is 11. The summed E-state index contributed by atoms with van der Waals surface area (Å²) in [6.07, 6.45) is 5.91. The van der Waals surface area contributed by atoms with Gasteiger partial charge < -0.3 is 9.45 Å². The lowest BCUT2D eigenvalue weighted by Crippen LogP contribution is -2.52. The summed E-state index contributed by atoms with van der Waals surface area (Å²) >= 11 is -1.26. The van der Waals surface area contributed by atoms with Crippen LogP contribution in [0.3, 0.4) is 0 Å². The highest BCUT2D eigenvalue weighted by Gasteiger charge is 2.41. The molecule has 0 aromatic heterocycles. The zero-order valence-corrected chi connectivity index (χ0v) is 22.0. The Kier molecular flexibility index (Phi) is 8.68. The van der Waals surface area contributed by atoms with Crippen molar-refractivity contribution in [3.8, 4) is 0 Å². The molecular weight excluding hydrogens is 516 g/mol. The summed E-state index contributed by atoms with van der Waals surface area (Å²) in [5.74, 6) is -0.576. The van der Waals surface area contributed by atoms with E-state index in [2.05, 4.69) is 5.32 Å². The van der Waals surface area contributed by atoms with E-state index in [0.717, 1.165) is 44.1 Å². The zero-order chi connectivity index (χ0) is 26.6. The van der Waals surface area contributed by atoms with E-state index in [1.165, 1.54) is 17.0 Å². The summed E-state index contributed by atoms with van der Waals surface area (Å²) < 4.78 is 44.3. The fourth-order valence-electron chi connectivity index (χ4n) is 4.80. The Labute approximate surface area is 219 Å². The first-order chi connectivity index (χ1) is 17.6. The van der Waals surface area contributed by atoms with Gasteiger partial charge >= 0.3 is 0 Å². The molecule has 0 bridgehead atoms. The standard InChI is InChI=1S/C26H30N2O7S2/c29-24-15-14-22(25(30)27-24)28-17-21-20(26(28)31)8-6-9-23(21)36(32)16-5-3-1-2-4-7-18-10-12-19(13-11-18)37(33,34)35/h6,8-13,22H,1-5,7,14-17H2,(H,27,29,30)(H,33,34,35). The Morgan fingerprint density at radius 3 is 2.41 bits per heavy atom. The minimum atomic E-state index is -4.17. The molecule has 1 fully saturated rings. The molecule has 4 rings (SSSR count). The lowest BCUT2D eigenvalue weighted by atomic mass is 10.0. The third-order valence-electron chi connectivity index (χ3n) is 6.80. The summed E-state index contributed by atoms with van der Waals surface area (Å²) in [4.78, 5) is 38.7. The summed E-state index contributed by atoms with van der Waals surface area (Å²) in [5, 5.41) is 2.29. The van der Waals surface area contributed by atoms with E-state index in [1.807, 2.05) is 0 Å². The number of amides is 3. The van der Waals surface area contributed by atoms with Crippen molar-refractivity contribution in [3.05, 3.63) is 59.2 Å². The second-order valence-electron chi connectivity index (χ2n) is 9.37. The molecule has 2 aliphatic rings. The third kappa shape index (κ3) is 6.59. The molecule has 9 nitrogen and oxygen atoms in total. The van der Waals surface area contributed by atoms with Crippen molar-refractivity contribution < 1.29 is 31.9 Å². The van der Waals surface area contributed by atoms with Crippen LogP contribution in [0.2, 0.25) is 0 Å². The average molecular weight is 547 g/mol. The molecule has 0 saturated carbocycles. The van der Waals surface area contributed by atoms with Crippen LogP contribution in [0.4, 0.5) is 0 Å². The van der Waals surface area contributed by atoms with E-state index >= 15 is 0 Å². The number of fused-ring (bicyclic) bond motifs is 1. The number of piperidine rings is 1. The van der Waals surface area contributed by atoms with Crippen LogP contribution in [0.15, 0.2) is 52.3 Å². The third-order valence-corrected chi connectivity index (χ3v) is 9.20. The number of aryl methyl sites for hydroxylation is 1. The van der Waals surface area contributed by atoms with Crippen LogP contribution in [0.1, 0.15) is 66.4 Å². The number of unbranched alkanes of at least 4 members (excludes halogenated alkanes) is 4. The van der Waals surface area contributed by atoms with Gasteiger partial charge in [-0.3, -0.25) is 24.3 Å². The topological polar surface area (TPSA) is 144 Å². The van der Waals surface area contributed by atoms with Crippen molar-refractivity contribution in [2.24, 2.45) is 0 Å². The fourth-order valence-corrected chi connectivity index (χ4v) is 6.65. The molecule has 11 heteroatoms. The van der Waals surface area contributed by atoms with Crippen molar-refractivity contribution in [2.75, 3.05) is 5.75 Å². The van der Waals surface area contributed by atoms with Crippen molar-refractivity contribution in [3.63, 3.8) is 0 Å². The van der Waals surface area contributed by atoms with Gasteiger partial charge in [-0.25, -0.2) is 0 Å². The van der Waals surface area contributed by atoms with Crippen LogP contribution in [-0.4, -0.2) is 51.9 Å². The van der Waals surface area contributed by atoms with Gasteiger partial charge in [0.05, 0.1) is 11.4 Å². The molecule has 2 heterocycles. The van der Waals surface area contributed by atoms with Gasteiger partial charge in [0.1, 0.15) is 11.8 Å². The first kappa shape index (κ1) is 27.3. The molecule has 0 aliphatic carbocycles. The first-order valence-electron chi connectivity index (χ1n) is 12.4. The van der Waals surface area contributed by atoms with E-state index in [9.17, 15) is 27.4 Å². The van der Waals surface area contributed by atoms with Gasteiger partial charge in [-0.2, -0.15) is 8.42 Å². The number of benzene rings is 2. The predicted octanol–water partition coefficient (Wildman–Crippen LogP) is 3.00. The largest absolute Gasteiger partial charge is 0.611 e. The minimum absolute atomic E-state index is 0.110. The Hall–Kier alpha value is -2.73. The van der Waals surface area contributed by atoms with E-state index < -0.39 is 33.2 Å². The molecule has 0 radical (unpaired) electrons. The second kappa shape index (κ2) is 11.8. The number of carbonyl (C=O) groups excluding carboxylic acids is 3. The van der Waals surface area contributed by atoms with E-state index in [-0.39, 0.29) is 29.7 Å². The Morgan fingerprint density at radius 2 is 1.70 bits per heavy atom. The number of hydrogen-bond acceptors (Lipinski definition) is 6. The Bertz CT molecular complexity index is 1280. The molecule has 2 atom stereocenters. The first-order valence-corrected chi connectivity index (χ1v) is 15.1. The maximum Gasteiger partial charge on any atom is 0.294 e. The number of imide groups is 1. The predicted molar refractivity (Wildman–Crippen MR) is 137 cm³/mol. The van der Waals surface area contributed by atoms with Gasteiger partial charge in [0.15, 0.2) is 4.90 Å². The molecule has 2 aromatic rings. The maximum atomic E-state index is 13.1. The molecule has 37 heavy (non-hydrogen) atoms. The van der Waals surface area contributed by atoms with Crippen LogP contribution < -0.4 is 5.32 Å². The summed E-state index contributed by atoms with van der Waals surface area (Å²) in [6, 6.07) is 10.7. The van der Waals surface area contributed by atoms with E-state index in [0.29, 0.717) is 28.2 Å². The minimum Gasteiger partial charge on any atom is -0.611 e. The average Bonchev–Trinajstić information content (AvgIpc) is 3.19. The number of nitrogens with one attached hydrogen (secondary N) is 1. The van der Waals surface area contributed by atoms with Crippen molar-refractivity contribution >= 4 is 39.0 Å². The monoisotopic (exact) mass is 546 g/mol.